The maximum Gasteiger partial charge on any atom is 0.336 e. The standard InChI is InChI=1S/C23H23NO7S/c1-13-19(30-11-20(25)24-18(12-32-3)23(27)28)9-8-16-17(10-21(26)31-22(13)16)14-4-6-15(29-2)7-5-14/h4-10,18H,11-12H2,1-3H3,(H,24,25)(H,27,28). The highest BCUT2D eigenvalue weighted by Crippen LogP contribution is 2.33. The van der Waals surface area contributed by atoms with E-state index >= 15 is 0 Å². The number of carbonyl (C=O) groups excluding carboxylic acids is 1. The zero-order valence-electron chi connectivity index (χ0n) is 17.8. The molecule has 0 aliphatic carbocycles. The highest BCUT2D eigenvalue weighted by molar-refractivity contribution is 7.98. The van der Waals surface area contributed by atoms with Crippen LogP contribution < -0.4 is 20.4 Å². The molecule has 3 aromatic rings. The normalized spacial score (nSPS) is 11.7. The zero-order valence-corrected chi connectivity index (χ0v) is 18.7. The van der Waals surface area contributed by atoms with Gasteiger partial charge < -0.3 is 24.3 Å². The maximum absolute atomic E-state index is 12.2. The number of carbonyl (C=O) groups is 2. The third kappa shape index (κ3) is 5.23. The summed E-state index contributed by atoms with van der Waals surface area (Å²) >= 11 is 1.32. The summed E-state index contributed by atoms with van der Waals surface area (Å²) in [7, 11) is 1.58. The van der Waals surface area contributed by atoms with Crippen LogP contribution in [0.5, 0.6) is 11.5 Å². The summed E-state index contributed by atoms with van der Waals surface area (Å²) in [5.41, 5.74) is 1.92. The minimum absolute atomic E-state index is 0.245. The minimum Gasteiger partial charge on any atom is -0.497 e. The molecule has 32 heavy (non-hydrogen) atoms. The summed E-state index contributed by atoms with van der Waals surface area (Å²) in [6.07, 6.45) is 1.75. The first-order valence-electron chi connectivity index (χ1n) is 9.69. The predicted octanol–water partition coefficient (Wildman–Crippen LogP) is 3.09. The van der Waals surface area contributed by atoms with Crippen molar-refractivity contribution in [2.45, 2.75) is 13.0 Å². The Morgan fingerprint density at radius 2 is 1.91 bits per heavy atom. The molecular weight excluding hydrogens is 434 g/mol. The number of benzene rings is 2. The van der Waals surface area contributed by atoms with Gasteiger partial charge >= 0.3 is 11.6 Å². The van der Waals surface area contributed by atoms with Gasteiger partial charge in [0.1, 0.15) is 23.1 Å². The van der Waals surface area contributed by atoms with Gasteiger partial charge in [-0.2, -0.15) is 11.8 Å². The number of rotatable bonds is 9. The topological polar surface area (TPSA) is 115 Å². The van der Waals surface area contributed by atoms with Crippen LogP contribution in [-0.2, 0) is 9.59 Å². The second kappa shape index (κ2) is 10.2. The van der Waals surface area contributed by atoms with E-state index in [0.717, 1.165) is 10.9 Å². The average molecular weight is 458 g/mol. The molecule has 3 rings (SSSR count). The first-order chi connectivity index (χ1) is 15.3. The van der Waals surface area contributed by atoms with Crippen LogP contribution in [0.25, 0.3) is 22.1 Å². The van der Waals surface area contributed by atoms with E-state index in [4.69, 9.17) is 19.0 Å². The molecule has 0 spiro atoms. The van der Waals surface area contributed by atoms with E-state index < -0.39 is 23.5 Å². The molecule has 0 aliphatic rings. The Labute approximate surface area is 188 Å². The Kier molecular flexibility index (Phi) is 7.42. The van der Waals surface area contributed by atoms with Gasteiger partial charge in [0.15, 0.2) is 6.61 Å². The smallest absolute Gasteiger partial charge is 0.336 e. The Morgan fingerprint density at radius 1 is 1.19 bits per heavy atom. The van der Waals surface area contributed by atoms with Crippen molar-refractivity contribution < 1.29 is 28.6 Å². The molecule has 0 fully saturated rings. The molecule has 1 amide bonds. The van der Waals surface area contributed by atoms with Gasteiger partial charge in [-0.3, -0.25) is 4.79 Å². The van der Waals surface area contributed by atoms with Gasteiger partial charge in [0.05, 0.1) is 7.11 Å². The molecule has 168 valence electrons. The van der Waals surface area contributed by atoms with Crippen molar-refractivity contribution in [3.8, 4) is 22.6 Å². The van der Waals surface area contributed by atoms with Gasteiger partial charge in [-0.05, 0) is 48.6 Å². The fraction of sp³-hybridized carbons (Fsp3) is 0.261. The molecule has 0 bridgehead atoms. The number of thioether (sulfide) groups is 1. The number of methoxy groups -OCH3 is 1. The number of carboxylic acid groups (broad SMARTS) is 1. The van der Waals surface area contributed by atoms with Crippen molar-refractivity contribution >= 4 is 34.6 Å². The molecule has 0 aliphatic heterocycles. The van der Waals surface area contributed by atoms with Gasteiger partial charge in [0.2, 0.25) is 0 Å². The Balaban J connectivity index is 1.86. The fourth-order valence-electron chi connectivity index (χ4n) is 3.23. The molecule has 0 saturated heterocycles. The SMILES string of the molecule is COc1ccc(-c2cc(=O)oc3c(C)c(OCC(=O)NC(CSC)C(=O)O)ccc23)cc1. The van der Waals surface area contributed by atoms with Crippen LogP contribution in [0.15, 0.2) is 51.7 Å². The van der Waals surface area contributed by atoms with Crippen molar-refractivity contribution in [3.05, 3.63) is 58.4 Å². The number of aliphatic carboxylic acids is 1. The fourth-order valence-corrected chi connectivity index (χ4v) is 3.79. The first-order valence-corrected chi connectivity index (χ1v) is 11.1. The van der Waals surface area contributed by atoms with E-state index in [0.29, 0.717) is 28.2 Å². The number of amides is 1. The summed E-state index contributed by atoms with van der Waals surface area (Å²) in [5.74, 6) is -0.356. The summed E-state index contributed by atoms with van der Waals surface area (Å²) in [6.45, 7) is 1.36. The molecule has 1 heterocycles. The lowest BCUT2D eigenvalue weighted by Gasteiger charge is -2.15. The van der Waals surface area contributed by atoms with E-state index in [-0.39, 0.29) is 12.4 Å². The van der Waals surface area contributed by atoms with Crippen LogP contribution in [0.1, 0.15) is 5.56 Å². The second-order valence-electron chi connectivity index (χ2n) is 6.98. The quantitative estimate of drug-likeness (QED) is 0.471. The largest absolute Gasteiger partial charge is 0.497 e. The van der Waals surface area contributed by atoms with Gasteiger partial charge in [0, 0.05) is 22.8 Å². The van der Waals surface area contributed by atoms with Gasteiger partial charge in [0.25, 0.3) is 5.91 Å². The van der Waals surface area contributed by atoms with Crippen LogP contribution in [0.3, 0.4) is 0 Å². The number of fused-ring (bicyclic) bond motifs is 1. The van der Waals surface area contributed by atoms with Crippen LogP contribution in [0.2, 0.25) is 0 Å². The van der Waals surface area contributed by atoms with Crippen LogP contribution in [-0.4, -0.2) is 48.8 Å². The molecule has 1 unspecified atom stereocenters. The first kappa shape index (κ1) is 23.2. The van der Waals surface area contributed by atoms with Crippen LogP contribution >= 0.6 is 11.8 Å². The lowest BCUT2D eigenvalue weighted by molar-refractivity contribution is -0.141. The predicted molar refractivity (Wildman–Crippen MR) is 123 cm³/mol. The Hall–Kier alpha value is -3.46. The number of aryl methyl sites for hydroxylation is 1. The van der Waals surface area contributed by atoms with E-state index in [2.05, 4.69) is 5.32 Å². The molecule has 9 heteroatoms. The van der Waals surface area contributed by atoms with Crippen molar-refractivity contribution in [2.24, 2.45) is 0 Å². The van der Waals surface area contributed by atoms with Gasteiger partial charge in [-0.15, -0.1) is 0 Å². The molecule has 0 radical (unpaired) electrons. The zero-order chi connectivity index (χ0) is 23.3. The third-order valence-electron chi connectivity index (χ3n) is 4.84. The van der Waals surface area contributed by atoms with Crippen molar-refractivity contribution in [3.63, 3.8) is 0 Å². The highest BCUT2D eigenvalue weighted by Gasteiger charge is 2.20. The lowest BCUT2D eigenvalue weighted by atomic mass is 10.00. The number of hydrogen-bond donors (Lipinski definition) is 2. The number of nitrogens with one attached hydrogen (secondary N) is 1. The molecule has 8 nitrogen and oxygen atoms in total. The monoisotopic (exact) mass is 457 g/mol. The minimum atomic E-state index is -1.11. The Morgan fingerprint density at radius 3 is 2.53 bits per heavy atom. The summed E-state index contributed by atoms with van der Waals surface area (Å²) in [4.78, 5) is 35.6. The summed E-state index contributed by atoms with van der Waals surface area (Å²) < 4.78 is 16.2. The summed E-state index contributed by atoms with van der Waals surface area (Å²) in [6, 6.07) is 11.2. The molecule has 2 aromatic carbocycles. The third-order valence-corrected chi connectivity index (χ3v) is 5.50. The number of hydrogen-bond acceptors (Lipinski definition) is 7. The lowest BCUT2D eigenvalue weighted by Crippen LogP contribution is -2.44. The maximum atomic E-state index is 12.2. The molecule has 2 N–H and O–H groups in total. The molecule has 1 atom stereocenters. The van der Waals surface area contributed by atoms with Crippen molar-refractivity contribution in [1.29, 1.82) is 0 Å². The van der Waals surface area contributed by atoms with Crippen LogP contribution in [0, 0.1) is 6.92 Å². The van der Waals surface area contributed by atoms with E-state index in [1.54, 1.807) is 44.6 Å². The Bertz CT molecular complexity index is 1190. The van der Waals surface area contributed by atoms with E-state index in [9.17, 15) is 14.4 Å². The second-order valence-corrected chi connectivity index (χ2v) is 7.89. The summed E-state index contributed by atoms with van der Waals surface area (Å²) in [5, 5.41) is 12.3. The number of ether oxygens (including phenoxy) is 2. The van der Waals surface area contributed by atoms with E-state index in [1.165, 1.54) is 17.8 Å². The number of carboxylic acids is 1. The van der Waals surface area contributed by atoms with Crippen LogP contribution in [0.4, 0.5) is 0 Å². The highest BCUT2D eigenvalue weighted by atomic mass is 32.2. The molecule has 0 saturated carbocycles. The van der Waals surface area contributed by atoms with Crippen molar-refractivity contribution in [1.82, 2.24) is 5.32 Å². The molecule has 1 aromatic heterocycles. The van der Waals surface area contributed by atoms with Gasteiger partial charge in [-0.25, -0.2) is 9.59 Å². The van der Waals surface area contributed by atoms with E-state index in [1.807, 2.05) is 12.1 Å². The van der Waals surface area contributed by atoms with Gasteiger partial charge in [-0.1, -0.05) is 12.1 Å². The molecular formula is C23H23NO7S. The average Bonchev–Trinajstić information content (AvgIpc) is 2.78. The van der Waals surface area contributed by atoms with Crippen molar-refractivity contribution in [2.75, 3.05) is 25.7 Å².